The van der Waals surface area contributed by atoms with Gasteiger partial charge in [0.15, 0.2) is 6.61 Å². The molecule has 3 rings (SSSR count). The topological polar surface area (TPSA) is 80.3 Å². The molecule has 6 heteroatoms. The van der Waals surface area contributed by atoms with Gasteiger partial charge in [0, 0.05) is 24.5 Å². The van der Waals surface area contributed by atoms with Crippen LogP contribution in [-0.2, 0) is 16.0 Å². The van der Waals surface area contributed by atoms with Crippen LogP contribution in [-0.4, -0.2) is 23.4 Å². The van der Waals surface area contributed by atoms with Gasteiger partial charge in [-0.25, -0.2) is 0 Å². The number of carbonyl (C=O) groups excluding carboxylic acids is 2. The van der Waals surface area contributed by atoms with Crippen LogP contribution in [0.2, 0.25) is 0 Å². The Hall–Kier alpha value is -2.89. The summed E-state index contributed by atoms with van der Waals surface area (Å²) in [5, 5.41) is 5.70. The first-order valence-corrected chi connectivity index (χ1v) is 7.86. The van der Waals surface area contributed by atoms with E-state index in [1.54, 1.807) is 24.5 Å². The Kier molecular flexibility index (Phi) is 4.74. The highest BCUT2D eigenvalue weighted by Gasteiger charge is 2.15. The average Bonchev–Trinajstić information content (AvgIpc) is 2.60. The van der Waals surface area contributed by atoms with Gasteiger partial charge in [0.2, 0.25) is 5.91 Å². The zero-order chi connectivity index (χ0) is 16.9. The molecule has 124 valence electrons. The van der Waals surface area contributed by atoms with Gasteiger partial charge in [-0.15, -0.1) is 0 Å². The number of hydrogen-bond acceptors (Lipinski definition) is 4. The molecule has 2 heterocycles. The standard InChI is InChI=1S/C18H19N3O3/c1-12(13-6-8-19-9-7-13)20-18(23)11-24-15-3-4-16-14(10-15)2-5-17(22)21-16/h3-4,6-10,12H,2,5,11H2,1H3,(H,20,23)(H,21,22)/t12-/m0/s1. The van der Waals surface area contributed by atoms with E-state index < -0.39 is 0 Å². The van der Waals surface area contributed by atoms with Crippen LogP contribution >= 0.6 is 0 Å². The van der Waals surface area contributed by atoms with Crippen molar-refractivity contribution in [2.75, 3.05) is 11.9 Å². The molecule has 0 fully saturated rings. The van der Waals surface area contributed by atoms with Crippen molar-refractivity contribution in [3.05, 3.63) is 53.9 Å². The van der Waals surface area contributed by atoms with E-state index in [2.05, 4.69) is 15.6 Å². The lowest BCUT2D eigenvalue weighted by atomic mass is 10.0. The molecule has 0 saturated heterocycles. The number of aromatic nitrogens is 1. The van der Waals surface area contributed by atoms with Crippen LogP contribution in [0, 0.1) is 0 Å². The Morgan fingerprint density at radius 1 is 1.29 bits per heavy atom. The Balaban J connectivity index is 1.54. The molecule has 2 amide bonds. The number of hydrogen-bond donors (Lipinski definition) is 2. The molecule has 1 aliphatic rings. The van der Waals surface area contributed by atoms with Gasteiger partial charge in [0.05, 0.1) is 6.04 Å². The zero-order valence-corrected chi connectivity index (χ0v) is 13.4. The van der Waals surface area contributed by atoms with Gasteiger partial charge in [-0.3, -0.25) is 14.6 Å². The fourth-order valence-electron chi connectivity index (χ4n) is 2.62. The number of pyridine rings is 1. The van der Waals surface area contributed by atoms with Gasteiger partial charge in [-0.2, -0.15) is 0 Å². The van der Waals surface area contributed by atoms with E-state index in [0.717, 1.165) is 16.8 Å². The third-order valence-corrected chi connectivity index (χ3v) is 3.93. The lowest BCUT2D eigenvalue weighted by Gasteiger charge is -2.18. The van der Waals surface area contributed by atoms with Crippen molar-refractivity contribution in [1.82, 2.24) is 10.3 Å². The van der Waals surface area contributed by atoms with Crippen LogP contribution < -0.4 is 15.4 Å². The summed E-state index contributed by atoms with van der Waals surface area (Å²) < 4.78 is 5.56. The number of rotatable bonds is 5. The maximum atomic E-state index is 12.0. The Bertz CT molecular complexity index is 746. The number of anilines is 1. The van der Waals surface area contributed by atoms with Gasteiger partial charge in [-0.05, 0) is 54.8 Å². The quantitative estimate of drug-likeness (QED) is 0.883. The van der Waals surface area contributed by atoms with Gasteiger partial charge in [-0.1, -0.05) is 0 Å². The van der Waals surface area contributed by atoms with Gasteiger partial charge < -0.3 is 15.4 Å². The first-order chi connectivity index (χ1) is 11.6. The molecule has 6 nitrogen and oxygen atoms in total. The van der Waals surface area contributed by atoms with Crippen molar-refractivity contribution < 1.29 is 14.3 Å². The summed E-state index contributed by atoms with van der Waals surface area (Å²) in [6, 6.07) is 9.05. The van der Waals surface area contributed by atoms with E-state index >= 15 is 0 Å². The predicted molar refractivity (Wildman–Crippen MR) is 89.7 cm³/mol. The van der Waals surface area contributed by atoms with Crippen molar-refractivity contribution in [3.8, 4) is 5.75 Å². The number of nitrogens with zero attached hydrogens (tertiary/aromatic N) is 1. The number of aryl methyl sites for hydroxylation is 1. The molecule has 2 aromatic rings. The summed E-state index contributed by atoms with van der Waals surface area (Å²) in [6.07, 6.45) is 4.55. The number of benzene rings is 1. The van der Waals surface area contributed by atoms with Crippen molar-refractivity contribution in [3.63, 3.8) is 0 Å². The van der Waals surface area contributed by atoms with Crippen molar-refractivity contribution in [1.29, 1.82) is 0 Å². The second-order valence-corrected chi connectivity index (χ2v) is 5.73. The number of ether oxygens (including phenoxy) is 1. The summed E-state index contributed by atoms with van der Waals surface area (Å²) in [4.78, 5) is 27.3. The maximum absolute atomic E-state index is 12.0. The smallest absolute Gasteiger partial charge is 0.258 e. The first-order valence-electron chi connectivity index (χ1n) is 7.86. The van der Waals surface area contributed by atoms with Crippen molar-refractivity contribution in [2.45, 2.75) is 25.8 Å². The molecule has 0 aliphatic carbocycles. The molecule has 24 heavy (non-hydrogen) atoms. The maximum Gasteiger partial charge on any atom is 0.258 e. The molecule has 1 aliphatic heterocycles. The molecule has 0 radical (unpaired) electrons. The third-order valence-electron chi connectivity index (χ3n) is 3.93. The highest BCUT2D eigenvalue weighted by molar-refractivity contribution is 5.94. The van der Waals surface area contributed by atoms with E-state index in [1.165, 1.54) is 0 Å². The molecule has 0 bridgehead atoms. The van der Waals surface area contributed by atoms with Crippen LogP contribution in [0.3, 0.4) is 0 Å². The fraction of sp³-hybridized carbons (Fsp3) is 0.278. The van der Waals surface area contributed by atoms with E-state index in [0.29, 0.717) is 18.6 Å². The van der Waals surface area contributed by atoms with Crippen LogP contribution in [0.25, 0.3) is 0 Å². The van der Waals surface area contributed by atoms with E-state index in [9.17, 15) is 9.59 Å². The molecule has 1 aromatic carbocycles. The minimum Gasteiger partial charge on any atom is -0.484 e. The zero-order valence-electron chi connectivity index (χ0n) is 13.4. The SMILES string of the molecule is C[C@H](NC(=O)COc1ccc2c(c1)CCC(=O)N2)c1ccncc1. The lowest BCUT2D eigenvalue weighted by Crippen LogP contribution is -2.31. The number of nitrogens with one attached hydrogen (secondary N) is 2. The molecule has 1 atom stereocenters. The molecular formula is C18H19N3O3. The van der Waals surface area contributed by atoms with Gasteiger partial charge >= 0.3 is 0 Å². The fourth-order valence-corrected chi connectivity index (χ4v) is 2.62. The highest BCUT2D eigenvalue weighted by Crippen LogP contribution is 2.26. The number of amides is 2. The third kappa shape index (κ3) is 3.90. The summed E-state index contributed by atoms with van der Waals surface area (Å²) in [6.45, 7) is 1.86. The first kappa shape index (κ1) is 16.0. The summed E-state index contributed by atoms with van der Waals surface area (Å²) in [7, 11) is 0. The largest absolute Gasteiger partial charge is 0.484 e. The predicted octanol–water partition coefficient (Wildman–Crippen LogP) is 2.22. The molecule has 0 spiro atoms. The second-order valence-electron chi connectivity index (χ2n) is 5.73. The lowest BCUT2D eigenvalue weighted by molar-refractivity contribution is -0.123. The molecular weight excluding hydrogens is 306 g/mol. The van der Waals surface area contributed by atoms with Crippen molar-refractivity contribution >= 4 is 17.5 Å². The Morgan fingerprint density at radius 3 is 2.88 bits per heavy atom. The van der Waals surface area contributed by atoms with Crippen molar-refractivity contribution in [2.24, 2.45) is 0 Å². The van der Waals surface area contributed by atoms with E-state index in [-0.39, 0.29) is 24.5 Å². The average molecular weight is 325 g/mol. The summed E-state index contributed by atoms with van der Waals surface area (Å²) in [5.74, 6) is 0.461. The summed E-state index contributed by atoms with van der Waals surface area (Å²) >= 11 is 0. The second kappa shape index (κ2) is 7.12. The van der Waals surface area contributed by atoms with Crippen LogP contribution in [0.4, 0.5) is 5.69 Å². The minimum atomic E-state index is -0.190. The van der Waals surface area contributed by atoms with E-state index in [4.69, 9.17) is 4.74 Å². The molecule has 0 saturated carbocycles. The van der Waals surface area contributed by atoms with E-state index in [1.807, 2.05) is 25.1 Å². The van der Waals surface area contributed by atoms with Gasteiger partial charge in [0.1, 0.15) is 5.75 Å². The Labute approximate surface area is 140 Å². The Morgan fingerprint density at radius 2 is 2.08 bits per heavy atom. The number of carbonyl (C=O) groups is 2. The molecule has 1 aromatic heterocycles. The van der Waals surface area contributed by atoms with Crippen LogP contribution in [0.15, 0.2) is 42.7 Å². The minimum absolute atomic E-state index is 0.0284. The molecule has 2 N–H and O–H groups in total. The normalized spacial score (nSPS) is 14.3. The number of fused-ring (bicyclic) bond motifs is 1. The van der Waals surface area contributed by atoms with Crippen LogP contribution in [0.1, 0.15) is 30.5 Å². The van der Waals surface area contributed by atoms with Crippen LogP contribution in [0.5, 0.6) is 5.75 Å². The van der Waals surface area contributed by atoms with Gasteiger partial charge in [0.25, 0.3) is 5.91 Å². The highest BCUT2D eigenvalue weighted by atomic mass is 16.5. The summed E-state index contributed by atoms with van der Waals surface area (Å²) in [5.41, 5.74) is 2.83. The molecule has 0 unspecified atom stereocenters. The monoisotopic (exact) mass is 325 g/mol.